The van der Waals surface area contributed by atoms with Crippen LogP contribution in [0, 0.1) is 0 Å². The number of anilines is 1. The van der Waals surface area contributed by atoms with Crippen molar-refractivity contribution in [2.24, 2.45) is 5.14 Å². The van der Waals surface area contributed by atoms with Crippen molar-refractivity contribution in [1.29, 1.82) is 0 Å². The quantitative estimate of drug-likeness (QED) is 0.890. The topological polar surface area (TPSA) is 94.2 Å². The van der Waals surface area contributed by atoms with Gasteiger partial charge < -0.3 is 9.88 Å². The van der Waals surface area contributed by atoms with Crippen LogP contribution in [0.1, 0.15) is 13.0 Å². The molecule has 3 N–H and O–H groups in total. The van der Waals surface area contributed by atoms with E-state index in [1.165, 1.54) is 24.3 Å². The minimum atomic E-state index is -3.72. The summed E-state index contributed by atoms with van der Waals surface area (Å²) >= 11 is 0. The van der Waals surface area contributed by atoms with E-state index in [1.807, 2.05) is 12.1 Å². The number of benzene rings is 1. The zero-order valence-electron chi connectivity index (χ0n) is 10.9. The van der Waals surface area contributed by atoms with Gasteiger partial charge in [0.2, 0.25) is 15.9 Å². The number of nitrogens with two attached hydrogens (primary N) is 1. The van der Waals surface area contributed by atoms with Crippen molar-refractivity contribution in [3.8, 4) is 0 Å². The van der Waals surface area contributed by atoms with Crippen LogP contribution in [-0.4, -0.2) is 18.9 Å². The van der Waals surface area contributed by atoms with Gasteiger partial charge in [0.25, 0.3) is 0 Å². The number of nitrogens with zero attached hydrogens (tertiary/aromatic N) is 1. The van der Waals surface area contributed by atoms with Gasteiger partial charge in [0.15, 0.2) is 0 Å². The summed E-state index contributed by atoms with van der Waals surface area (Å²) < 4.78 is 24.0. The molecule has 2 rings (SSSR count). The smallest absolute Gasteiger partial charge is 0.247 e. The number of rotatable bonds is 4. The van der Waals surface area contributed by atoms with E-state index in [9.17, 15) is 13.2 Å². The molecule has 1 heterocycles. The lowest BCUT2D eigenvalue weighted by molar-refractivity contribution is -0.118. The van der Waals surface area contributed by atoms with Crippen molar-refractivity contribution in [2.45, 2.75) is 17.9 Å². The second-order valence-corrected chi connectivity index (χ2v) is 5.93. The Morgan fingerprint density at radius 3 is 2.25 bits per heavy atom. The minimum absolute atomic E-state index is 0.00829. The van der Waals surface area contributed by atoms with E-state index in [-0.39, 0.29) is 16.8 Å². The van der Waals surface area contributed by atoms with Gasteiger partial charge in [0.1, 0.15) is 6.04 Å². The molecule has 0 saturated heterocycles. The number of carbonyl (C=O) groups excluding carboxylic acids is 1. The van der Waals surface area contributed by atoms with E-state index in [2.05, 4.69) is 5.32 Å². The molecule has 20 heavy (non-hydrogen) atoms. The highest BCUT2D eigenvalue weighted by Gasteiger charge is 2.14. The monoisotopic (exact) mass is 293 g/mol. The molecule has 1 atom stereocenters. The third-order valence-corrected chi connectivity index (χ3v) is 3.83. The van der Waals surface area contributed by atoms with Crippen molar-refractivity contribution < 1.29 is 13.2 Å². The molecular weight excluding hydrogens is 278 g/mol. The summed E-state index contributed by atoms with van der Waals surface area (Å²) in [5.74, 6) is -0.190. The van der Waals surface area contributed by atoms with Crippen LogP contribution in [0.15, 0.2) is 53.7 Å². The normalized spacial score (nSPS) is 12.9. The van der Waals surface area contributed by atoms with E-state index < -0.39 is 10.0 Å². The van der Waals surface area contributed by atoms with Gasteiger partial charge in [-0.3, -0.25) is 4.79 Å². The second kappa shape index (κ2) is 5.48. The van der Waals surface area contributed by atoms with Crippen molar-refractivity contribution in [3.63, 3.8) is 0 Å². The lowest BCUT2D eigenvalue weighted by atomic mass is 10.2. The SMILES string of the molecule is C[C@@H](C(=O)Nc1ccc(S(N)(=O)=O)cc1)n1cccc1. The van der Waals surface area contributed by atoms with E-state index in [0.717, 1.165) is 0 Å². The van der Waals surface area contributed by atoms with Gasteiger partial charge in [-0.15, -0.1) is 0 Å². The van der Waals surface area contributed by atoms with E-state index >= 15 is 0 Å². The van der Waals surface area contributed by atoms with Gasteiger partial charge in [0.05, 0.1) is 4.90 Å². The molecule has 0 spiro atoms. The predicted molar refractivity (Wildman–Crippen MR) is 75.6 cm³/mol. The Bertz CT molecular complexity index is 691. The molecule has 0 unspecified atom stereocenters. The fraction of sp³-hybridized carbons (Fsp3) is 0.154. The first-order valence-electron chi connectivity index (χ1n) is 5.94. The molecule has 0 bridgehead atoms. The van der Waals surface area contributed by atoms with Crippen LogP contribution in [0.5, 0.6) is 0 Å². The Kier molecular flexibility index (Phi) is 3.91. The van der Waals surface area contributed by atoms with E-state index in [0.29, 0.717) is 5.69 Å². The average Bonchev–Trinajstić information content (AvgIpc) is 2.91. The van der Waals surface area contributed by atoms with Gasteiger partial charge in [-0.2, -0.15) is 0 Å². The van der Waals surface area contributed by atoms with Crippen LogP contribution in [0.4, 0.5) is 5.69 Å². The summed E-state index contributed by atoms with van der Waals surface area (Å²) in [5.41, 5.74) is 0.515. The third-order valence-electron chi connectivity index (χ3n) is 2.90. The maximum absolute atomic E-state index is 12.0. The van der Waals surface area contributed by atoms with Gasteiger partial charge in [-0.05, 0) is 43.3 Å². The van der Waals surface area contributed by atoms with Crippen molar-refractivity contribution in [1.82, 2.24) is 4.57 Å². The first-order valence-corrected chi connectivity index (χ1v) is 7.49. The van der Waals surface area contributed by atoms with Gasteiger partial charge >= 0.3 is 0 Å². The number of aromatic nitrogens is 1. The minimum Gasteiger partial charge on any atom is -0.342 e. The van der Waals surface area contributed by atoms with Crippen molar-refractivity contribution in [3.05, 3.63) is 48.8 Å². The molecule has 1 aromatic carbocycles. The molecule has 0 fully saturated rings. The number of amides is 1. The van der Waals surface area contributed by atoms with Crippen molar-refractivity contribution in [2.75, 3.05) is 5.32 Å². The molecule has 2 aromatic rings. The number of hydrogen-bond acceptors (Lipinski definition) is 3. The summed E-state index contributed by atoms with van der Waals surface area (Å²) in [6.45, 7) is 1.77. The van der Waals surface area contributed by atoms with Gasteiger partial charge in [0, 0.05) is 18.1 Å². The number of nitrogens with one attached hydrogen (secondary N) is 1. The zero-order valence-corrected chi connectivity index (χ0v) is 11.7. The maximum Gasteiger partial charge on any atom is 0.247 e. The third kappa shape index (κ3) is 3.25. The zero-order chi connectivity index (χ0) is 14.8. The lowest BCUT2D eigenvalue weighted by Crippen LogP contribution is -2.22. The van der Waals surface area contributed by atoms with Crippen LogP contribution in [0.25, 0.3) is 0 Å². The molecule has 0 aliphatic heterocycles. The van der Waals surface area contributed by atoms with Crippen LogP contribution < -0.4 is 10.5 Å². The van der Waals surface area contributed by atoms with Crippen LogP contribution >= 0.6 is 0 Å². The van der Waals surface area contributed by atoms with E-state index in [1.54, 1.807) is 23.9 Å². The highest BCUT2D eigenvalue weighted by atomic mass is 32.2. The molecule has 0 saturated carbocycles. The van der Waals surface area contributed by atoms with Gasteiger partial charge in [-0.1, -0.05) is 0 Å². The van der Waals surface area contributed by atoms with E-state index in [4.69, 9.17) is 5.14 Å². The Hall–Kier alpha value is -2.12. The molecular formula is C13H15N3O3S. The summed E-state index contributed by atoms with van der Waals surface area (Å²) in [7, 11) is -3.72. The largest absolute Gasteiger partial charge is 0.342 e. The highest BCUT2D eigenvalue weighted by Crippen LogP contribution is 2.15. The Morgan fingerprint density at radius 1 is 1.20 bits per heavy atom. The Balaban J connectivity index is 2.09. The van der Waals surface area contributed by atoms with Crippen molar-refractivity contribution >= 4 is 21.6 Å². The number of hydrogen-bond donors (Lipinski definition) is 2. The summed E-state index contributed by atoms with van der Waals surface area (Å²) in [6, 6.07) is 9.02. The first-order chi connectivity index (χ1) is 9.38. The van der Waals surface area contributed by atoms with Gasteiger partial charge in [-0.25, -0.2) is 13.6 Å². The predicted octanol–water partition coefficient (Wildman–Crippen LogP) is 1.34. The molecule has 1 amide bonds. The Morgan fingerprint density at radius 2 is 1.75 bits per heavy atom. The molecule has 106 valence electrons. The van der Waals surface area contributed by atoms with Crippen LogP contribution in [-0.2, 0) is 14.8 Å². The number of primary sulfonamides is 1. The first kappa shape index (κ1) is 14.3. The lowest BCUT2D eigenvalue weighted by Gasteiger charge is -2.14. The van der Waals surface area contributed by atoms with Crippen LogP contribution in [0.3, 0.4) is 0 Å². The standard InChI is InChI=1S/C13H15N3O3S/c1-10(16-8-2-3-9-16)13(17)15-11-4-6-12(7-5-11)20(14,18)19/h2-10H,1H3,(H,15,17)(H2,14,18,19)/t10-/m0/s1. The highest BCUT2D eigenvalue weighted by molar-refractivity contribution is 7.89. The Labute approximate surface area is 117 Å². The fourth-order valence-corrected chi connectivity index (χ4v) is 2.23. The molecule has 0 radical (unpaired) electrons. The molecule has 1 aromatic heterocycles. The van der Waals surface area contributed by atoms with Crippen LogP contribution in [0.2, 0.25) is 0 Å². The molecule has 6 nitrogen and oxygen atoms in total. The molecule has 0 aliphatic carbocycles. The average molecular weight is 293 g/mol. The number of sulfonamides is 1. The summed E-state index contributed by atoms with van der Waals surface area (Å²) in [6.07, 6.45) is 3.60. The number of carbonyl (C=O) groups is 1. The summed E-state index contributed by atoms with van der Waals surface area (Å²) in [4.78, 5) is 12.0. The summed E-state index contributed by atoms with van der Waals surface area (Å²) in [5, 5.41) is 7.72. The second-order valence-electron chi connectivity index (χ2n) is 4.36. The fourth-order valence-electron chi connectivity index (χ4n) is 1.72. The maximum atomic E-state index is 12.0. The molecule has 7 heteroatoms. The molecule has 0 aliphatic rings.